The number of amides is 1. The Balaban J connectivity index is 1.72. The number of nitrogens with zero attached hydrogens (tertiary/aromatic N) is 1. The van der Waals surface area contributed by atoms with E-state index >= 15 is 0 Å². The number of oxazole rings is 1. The number of anilines is 1. The normalized spacial score (nSPS) is 11.1. The Hall–Kier alpha value is -3.66. The quantitative estimate of drug-likeness (QED) is 0.461. The topological polar surface area (TPSA) is 92.4 Å². The lowest BCUT2D eigenvalue weighted by atomic mass is 10.1. The summed E-state index contributed by atoms with van der Waals surface area (Å²) < 4.78 is 46.9. The lowest BCUT2D eigenvalue weighted by Gasteiger charge is -2.07. The van der Waals surface area contributed by atoms with E-state index < -0.39 is 40.8 Å². The molecule has 4 aromatic rings. The molecule has 10 heteroatoms. The zero-order valence-electron chi connectivity index (χ0n) is 15.1. The zero-order valence-corrected chi connectivity index (χ0v) is 15.9. The molecule has 0 unspecified atom stereocenters. The molecule has 0 saturated heterocycles. The number of aryl methyl sites for hydroxylation is 1. The van der Waals surface area contributed by atoms with Crippen LogP contribution in [0.3, 0.4) is 0 Å². The first-order chi connectivity index (χ1) is 14.3. The molecule has 152 valence electrons. The molecule has 0 aliphatic rings. The number of aromatic carboxylic acids is 1. The Morgan fingerprint density at radius 3 is 2.63 bits per heavy atom. The van der Waals surface area contributed by atoms with Gasteiger partial charge in [0.2, 0.25) is 0 Å². The third-order valence-electron chi connectivity index (χ3n) is 4.32. The Labute approximate surface area is 170 Å². The second-order valence-corrected chi connectivity index (χ2v) is 7.18. The molecule has 0 atom stereocenters. The van der Waals surface area contributed by atoms with Crippen LogP contribution in [0.5, 0.6) is 0 Å². The largest absolute Gasteiger partial charge is 0.478 e. The van der Waals surface area contributed by atoms with E-state index in [1.54, 1.807) is 0 Å². The van der Waals surface area contributed by atoms with Crippen molar-refractivity contribution in [1.82, 2.24) is 4.98 Å². The number of aromatic nitrogens is 1. The maximum absolute atomic E-state index is 14.4. The monoisotopic (exact) mass is 432 g/mol. The van der Waals surface area contributed by atoms with Crippen molar-refractivity contribution in [2.24, 2.45) is 0 Å². The van der Waals surface area contributed by atoms with Gasteiger partial charge >= 0.3 is 11.9 Å². The molecule has 0 bridgehead atoms. The summed E-state index contributed by atoms with van der Waals surface area (Å²) in [5.74, 6) is -5.56. The van der Waals surface area contributed by atoms with Crippen LogP contribution in [0.25, 0.3) is 21.5 Å². The van der Waals surface area contributed by atoms with Crippen LogP contribution in [-0.4, -0.2) is 22.0 Å². The summed E-state index contributed by atoms with van der Waals surface area (Å²) in [6.45, 7) is 1.38. The van der Waals surface area contributed by atoms with Crippen molar-refractivity contribution in [3.8, 4) is 10.4 Å². The van der Waals surface area contributed by atoms with Crippen molar-refractivity contribution >= 4 is 40.0 Å². The van der Waals surface area contributed by atoms with Crippen molar-refractivity contribution in [3.63, 3.8) is 0 Å². The lowest BCUT2D eigenvalue weighted by Crippen LogP contribution is -2.14. The van der Waals surface area contributed by atoms with Crippen molar-refractivity contribution in [2.45, 2.75) is 6.92 Å². The van der Waals surface area contributed by atoms with Gasteiger partial charge in [-0.25, -0.2) is 22.9 Å². The Morgan fingerprint density at radius 1 is 1.13 bits per heavy atom. The van der Waals surface area contributed by atoms with Crippen molar-refractivity contribution in [2.75, 3.05) is 5.32 Å². The number of thiophene rings is 1. The maximum Gasteiger partial charge on any atom is 0.339 e. The number of carbonyl (C=O) groups excluding carboxylic acids is 1. The van der Waals surface area contributed by atoms with Crippen LogP contribution in [0.4, 0.5) is 18.9 Å². The van der Waals surface area contributed by atoms with Crippen LogP contribution in [0.2, 0.25) is 0 Å². The molecule has 0 fully saturated rings. The van der Waals surface area contributed by atoms with Crippen molar-refractivity contribution < 1.29 is 32.3 Å². The third-order valence-corrected chi connectivity index (χ3v) is 5.33. The predicted molar refractivity (Wildman–Crippen MR) is 103 cm³/mol. The molecule has 0 radical (unpaired) electrons. The standard InChI is InChI=1S/C20H11F3N2O4S/c1-8-2-4-10(16(23)15(8)22)17-14(20(27)28)12(7-30-17)24-18(26)19-25-11-6-9(21)3-5-13(11)29-19/h2-7H,1H3,(H,24,26)(H,27,28). The van der Waals surface area contributed by atoms with Crippen molar-refractivity contribution in [1.29, 1.82) is 0 Å². The predicted octanol–water partition coefficient (Wildman–Crippen LogP) is 5.23. The summed E-state index contributed by atoms with van der Waals surface area (Å²) in [6.07, 6.45) is 0. The molecule has 6 nitrogen and oxygen atoms in total. The second kappa shape index (κ2) is 7.30. The number of carboxylic acid groups (broad SMARTS) is 1. The van der Waals surface area contributed by atoms with Crippen LogP contribution in [0.1, 0.15) is 26.6 Å². The highest BCUT2D eigenvalue weighted by atomic mass is 32.1. The van der Waals surface area contributed by atoms with Gasteiger partial charge in [0.15, 0.2) is 17.2 Å². The molecule has 1 amide bonds. The summed E-state index contributed by atoms with van der Waals surface area (Å²) in [5, 5.41) is 13.2. The molecule has 2 aromatic heterocycles. The molecule has 2 heterocycles. The van der Waals surface area contributed by atoms with E-state index in [0.29, 0.717) is 0 Å². The molecule has 0 aliphatic carbocycles. The minimum absolute atomic E-state index is 0.0613. The molecule has 0 spiro atoms. The van der Waals surface area contributed by atoms with Crippen LogP contribution in [-0.2, 0) is 0 Å². The van der Waals surface area contributed by atoms with E-state index in [-0.39, 0.29) is 32.8 Å². The minimum atomic E-state index is -1.44. The Bertz CT molecular complexity index is 1330. The highest BCUT2D eigenvalue weighted by molar-refractivity contribution is 7.14. The van der Waals surface area contributed by atoms with E-state index in [1.807, 2.05) is 0 Å². The first kappa shape index (κ1) is 19.6. The van der Waals surface area contributed by atoms with Gasteiger partial charge in [0, 0.05) is 17.0 Å². The smallest absolute Gasteiger partial charge is 0.339 e. The van der Waals surface area contributed by atoms with Crippen LogP contribution >= 0.6 is 11.3 Å². The van der Waals surface area contributed by atoms with Crippen LogP contribution < -0.4 is 5.32 Å². The Morgan fingerprint density at radius 2 is 1.90 bits per heavy atom. The number of hydrogen-bond donors (Lipinski definition) is 2. The number of carboxylic acids is 1. The minimum Gasteiger partial charge on any atom is -0.478 e. The van der Waals surface area contributed by atoms with Gasteiger partial charge in [-0.1, -0.05) is 12.1 Å². The van der Waals surface area contributed by atoms with Gasteiger partial charge in [0.1, 0.15) is 16.9 Å². The van der Waals surface area contributed by atoms with Crippen LogP contribution in [0.15, 0.2) is 40.1 Å². The number of nitrogens with one attached hydrogen (secondary N) is 1. The molecule has 4 rings (SSSR count). The van der Waals surface area contributed by atoms with Crippen molar-refractivity contribution in [3.05, 3.63) is 70.2 Å². The first-order valence-electron chi connectivity index (χ1n) is 8.43. The first-order valence-corrected chi connectivity index (χ1v) is 9.31. The van der Waals surface area contributed by atoms with Gasteiger partial charge < -0.3 is 14.8 Å². The van der Waals surface area contributed by atoms with Gasteiger partial charge in [0.05, 0.1) is 10.6 Å². The molecular weight excluding hydrogens is 421 g/mol. The summed E-state index contributed by atoms with van der Waals surface area (Å²) >= 11 is 0.828. The highest BCUT2D eigenvalue weighted by Crippen LogP contribution is 2.38. The summed E-state index contributed by atoms with van der Waals surface area (Å²) in [6, 6.07) is 6.12. The molecule has 2 N–H and O–H groups in total. The van der Waals surface area contributed by atoms with E-state index in [4.69, 9.17) is 4.42 Å². The fourth-order valence-electron chi connectivity index (χ4n) is 2.86. The fraction of sp³-hybridized carbons (Fsp3) is 0.0500. The zero-order chi connectivity index (χ0) is 21.6. The molecule has 2 aromatic carbocycles. The number of carbonyl (C=O) groups is 2. The number of fused-ring (bicyclic) bond motifs is 1. The number of rotatable bonds is 4. The van der Waals surface area contributed by atoms with Gasteiger partial charge in [-0.3, -0.25) is 4.79 Å². The second-order valence-electron chi connectivity index (χ2n) is 6.30. The summed E-state index contributed by atoms with van der Waals surface area (Å²) in [7, 11) is 0. The molecule has 0 saturated carbocycles. The molecular formula is C20H11F3N2O4S. The average molecular weight is 432 g/mol. The highest BCUT2D eigenvalue weighted by Gasteiger charge is 2.26. The van der Waals surface area contributed by atoms with E-state index in [1.165, 1.54) is 30.5 Å². The molecule has 0 aliphatic heterocycles. The maximum atomic E-state index is 14.4. The van der Waals surface area contributed by atoms with Gasteiger partial charge in [-0.05, 0) is 24.6 Å². The van der Waals surface area contributed by atoms with E-state index in [2.05, 4.69) is 10.3 Å². The van der Waals surface area contributed by atoms with Gasteiger partial charge in [-0.2, -0.15) is 0 Å². The number of halogens is 3. The van der Waals surface area contributed by atoms with Gasteiger partial charge in [0.25, 0.3) is 5.89 Å². The van der Waals surface area contributed by atoms with E-state index in [9.17, 15) is 27.9 Å². The lowest BCUT2D eigenvalue weighted by molar-refractivity contribution is 0.0699. The molecule has 30 heavy (non-hydrogen) atoms. The average Bonchev–Trinajstić information content (AvgIpc) is 3.30. The number of benzene rings is 2. The van der Waals surface area contributed by atoms with E-state index in [0.717, 1.165) is 23.5 Å². The summed E-state index contributed by atoms with van der Waals surface area (Å²) in [4.78, 5) is 28.1. The SMILES string of the molecule is Cc1ccc(-c2scc(NC(=O)c3nc4cc(F)ccc4o3)c2C(=O)O)c(F)c1F. The third kappa shape index (κ3) is 3.30. The Kier molecular flexibility index (Phi) is 4.78. The number of hydrogen-bond acceptors (Lipinski definition) is 5. The fourth-order valence-corrected chi connectivity index (χ4v) is 3.87. The van der Waals surface area contributed by atoms with Crippen LogP contribution in [0, 0.1) is 24.4 Å². The van der Waals surface area contributed by atoms with Gasteiger partial charge in [-0.15, -0.1) is 11.3 Å². The summed E-state index contributed by atoms with van der Waals surface area (Å²) in [5.41, 5.74) is -0.423.